The van der Waals surface area contributed by atoms with Crippen LogP contribution in [0.15, 0.2) is 70.3 Å². The average molecular weight is 472 g/mol. The molecule has 0 aliphatic carbocycles. The van der Waals surface area contributed by atoms with Crippen molar-refractivity contribution in [2.24, 2.45) is 0 Å². The summed E-state index contributed by atoms with van der Waals surface area (Å²) >= 11 is 0. The van der Waals surface area contributed by atoms with Gasteiger partial charge in [0, 0.05) is 30.6 Å². The largest absolute Gasteiger partial charge is 0.503 e. The number of carbonyl (C=O) groups is 3. The Bertz CT molecular complexity index is 1380. The molecule has 3 aliphatic heterocycles. The van der Waals surface area contributed by atoms with Crippen LogP contribution in [0.5, 0.6) is 0 Å². The van der Waals surface area contributed by atoms with Crippen molar-refractivity contribution in [3.63, 3.8) is 0 Å². The third-order valence-corrected chi connectivity index (χ3v) is 7.19. The molecule has 8 nitrogen and oxygen atoms in total. The molecule has 178 valence electrons. The van der Waals surface area contributed by atoms with E-state index in [1.54, 1.807) is 53.4 Å². The molecule has 1 fully saturated rings. The monoisotopic (exact) mass is 472 g/mol. The number of aliphatic hydroxyl groups is 1. The number of ketones is 1. The van der Waals surface area contributed by atoms with Crippen LogP contribution in [-0.2, 0) is 19.9 Å². The number of amides is 2. The number of Topliss-reactive ketones (excluding diaryl/α,β-unsaturated/α-hetero) is 1. The number of fused-ring (bicyclic) bond motifs is 3. The summed E-state index contributed by atoms with van der Waals surface area (Å²) < 4.78 is 11.6. The van der Waals surface area contributed by atoms with E-state index in [0.29, 0.717) is 35.4 Å². The number of hydrogen-bond acceptors (Lipinski definition) is 6. The lowest BCUT2D eigenvalue weighted by Gasteiger charge is -2.36. The van der Waals surface area contributed by atoms with E-state index in [9.17, 15) is 19.5 Å². The zero-order valence-corrected chi connectivity index (χ0v) is 19.2. The van der Waals surface area contributed by atoms with Gasteiger partial charge in [-0.3, -0.25) is 14.4 Å². The predicted molar refractivity (Wildman–Crippen MR) is 127 cm³/mol. The minimum absolute atomic E-state index is 0.0425. The molecule has 0 bridgehead atoms. The first kappa shape index (κ1) is 21.6. The van der Waals surface area contributed by atoms with E-state index < -0.39 is 28.9 Å². The topological polar surface area (TPSA) is 100 Å². The van der Waals surface area contributed by atoms with Crippen molar-refractivity contribution in [2.75, 3.05) is 24.6 Å². The van der Waals surface area contributed by atoms with Gasteiger partial charge in [0.1, 0.15) is 5.58 Å². The van der Waals surface area contributed by atoms with Crippen LogP contribution >= 0.6 is 0 Å². The second-order valence-corrected chi connectivity index (χ2v) is 9.03. The number of hydrogen-bond donors (Lipinski definition) is 1. The zero-order chi connectivity index (χ0) is 24.3. The molecule has 4 heterocycles. The number of nitrogens with zero attached hydrogens (tertiary/aromatic N) is 2. The van der Waals surface area contributed by atoms with Crippen molar-refractivity contribution in [1.82, 2.24) is 4.90 Å². The number of para-hydroxylation sites is 2. The highest BCUT2D eigenvalue weighted by Gasteiger charge is 2.66. The van der Waals surface area contributed by atoms with Crippen molar-refractivity contribution in [1.29, 1.82) is 0 Å². The van der Waals surface area contributed by atoms with Crippen LogP contribution in [0.25, 0.3) is 11.0 Å². The number of carbonyl (C=O) groups excluding carboxylic acids is 3. The summed E-state index contributed by atoms with van der Waals surface area (Å²) in [7, 11) is 0. The van der Waals surface area contributed by atoms with E-state index in [0.717, 1.165) is 12.8 Å². The van der Waals surface area contributed by atoms with Crippen LogP contribution in [0.3, 0.4) is 0 Å². The second kappa shape index (κ2) is 7.81. The van der Waals surface area contributed by atoms with Gasteiger partial charge in [0.15, 0.2) is 17.1 Å². The van der Waals surface area contributed by atoms with Gasteiger partial charge < -0.3 is 24.1 Å². The van der Waals surface area contributed by atoms with Crippen LogP contribution in [-0.4, -0.2) is 53.4 Å². The minimum Gasteiger partial charge on any atom is -0.503 e. The van der Waals surface area contributed by atoms with Gasteiger partial charge in [-0.15, -0.1) is 0 Å². The Kier molecular flexibility index (Phi) is 4.82. The van der Waals surface area contributed by atoms with Crippen LogP contribution < -0.4 is 4.90 Å². The van der Waals surface area contributed by atoms with E-state index in [4.69, 9.17) is 9.15 Å². The molecule has 8 heteroatoms. The van der Waals surface area contributed by atoms with Crippen molar-refractivity contribution < 1.29 is 28.6 Å². The third kappa shape index (κ3) is 2.86. The molecule has 2 unspecified atom stereocenters. The summed E-state index contributed by atoms with van der Waals surface area (Å²) in [6.07, 6.45) is 1.27. The van der Waals surface area contributed by atoms with Gasteiger partial charge in [-0.1, -0.05) is 36.4 Å². The number of rotatable bonds is 5. The predicted octanol–water partition coefficient (Wildman–Crippen LogP) is 3.71. The molecule has 0 saturated carbocycles. The maximum absolute atomic E-state index is 14.2. The van der Waals surface area contributed by atoms with Gasteiger partial charge in [0.05, 0.1) is 17.4 Å². The smallest absolute Gasteiger partial charge is 0.290 e. The van der Waals surface area contributed by atoms with Crippen LogP contribution in [0, 0.1) is 0 Å². The molecule has 1 N–H and O–H groups in total. The first-order valence-corrected chi connectivity index (χ1v) is 11.8. The van der Waals surface area contributed by atoms with Gasteiger partial charge in [-0.05, 0) is 38.0 Å². The van der Waals surface area contributed by atoms with E-state index in [-0.39, 0.29) is 24.0 Å². The molecule has 2 aromatic carbocycles. The van der Waals surface area contributed by atoms with Gasteiger partial charge in [0.25, 0.3) is 11.8 Å². The van der Waals surface area contributed by atoms with E-state index in [1.165, 1.54) is 4.90 Å². The summed E-state index contributed by atoms with van der Waals surface area (Å²) in [4.78, 5) is 44.6. The SMILES string of the molecule is CCN1C(=O)C2(C(C(=O)c3cc4ccccc4o3)=C(O)C(=O)N2CC2CCCO2)c2ccccc21. The maximum atomic E-state index is 14.2. The molecule has 0 radical (unpaired) electrons. The first-order chi connectivity index (χ1) is 17.0. The first-order valence-electron chi connectivity index (χ1n) is 11.8. The Morgan fingerprint density at radius 3 is 2.66 bits per heavy atom. The van der Waals surface area contributed by atoms with E-state index in [1.807, 2.05) is 13.0 Å². The fraction of sp³-hybridized carbons (Fsp3) is 0.296. The maximum Gasteiger partial charge on any atom is 0.290 e. The Labute approximate surface area is 201 Å². The number of anilines is 1. The normalized spacial score (nSPS) is 23.9. The van der Waals surface area contributed by atoms with Crippen LogP contribution in [0.4, 0.5) is 5.69 Å². The minimum atomic E-state index is -1.80. The Morgan fingerprint density at radius 1 is 1.14 bits per heavy atom. The Balaban J connectivity index is 1.57. The molecule has 35 heavy (non-hydrogen) atoms. The number of ether oxygens (including phenoxy) is 1. The Hall–Kier alpha value is -3.91. The molecule has 2 atom stereocenters. The highest BCUT2D eigenvalue weighted by molar-refractivity contribution is 6.26. The van der Waals surface area contributed by atoms with E-state index in [2.05, 4.69) is 0 Å². The van der Waals surface area contributed by atoms with Gasteiger partial charge in [-0.25, -0.2) is 0 Å². The molecular formula is C27H24N2O6. The molecular weight excluding hydrogens is 448 g/mol. The molecule has 3 aliphatic rings. The Morgan fingerprint density at radius 2 is 1.91 bits per heavy atom. The highest BCUT2D eigenvalue weighted by Crippen LogP contribution is 2.53. The quantitative estimate of drug-likeness (QED) is 0.569. The molecule has 2 amide bonds. The van der Waals surface area contributed by atoms with E-state index >= 15 is 0 Å². The van der Waals surface area contributed by atoms with Crippen LogP contribution in [0.2, 0.25) is 0 Å². The average Bonchev–Trinajstić information content (AvgIpc) is 3.63. The fourth-order valence-corrected chi connectivity index (χ4v) is 5.65. The summed E-state index contributed by atoms with van der Waals surface area (Å²) in [5.41, 5.74) is -0.473. The summed E-state index contributed by atoms with van der Waals surface area (Å²) in [6, 6.07) is 15.8. The second-order valence-electron chi connectivity index (χ2n) is 9.03. The molecule has 3 aromatic rings. The highest BCUT2D eigenvalue weighted by atomic mass is 16.5. The van der Waals surface area contributed by atoms with Crippen molar-refractivity contribution in [3.8, 4) is 0 Å². The summed E-state index contributed by atoms with van der Waals surface area (Å²) in [6.45, 7) is 2.82. The van der Waals surface area contributed by atoms with Gasteiger partial charge in [-0.2, -0.15) is 0 Å². The zero-order valence-electron chi connectivity index (χ0n) is 19.2. The lowest BCUT2D eigenvalue weighted by molar-refractivity contribution is -0.141. The standard InChI is InChI=1S/C27H24N2O6/c1-2-28-19-11-5-4-10-18(19)27(26(28)33)22(23(30)21-14-16-8-3-6-12-20(16)35-21)24(31)25(32)29(27)15-17-9-7-13-34-17/h3-6,8,10-12,14,17,31H,2,7,9,13,15H2,1H3. The summed E-state index contributed by atoms with van der Waals surface area (Å²) in [5.74, 6) is -2.67. The number of likely N-dealkylation sites (N-methyl/N-ethyl adjacent to an activating group) is 1. The van der Waals surface area contributed by atoms with Crippen molar-refractivity contribution in [3.05, 3.63) is 77.3 Å². The molecule has 1 spiro atoms. The molecule has 1 saturated heterocycles. The lowest BCUT2D eigenvalue weighted by Crippen LogP contribution is -2.55. The van der Waals surface area contributed by atoms with Crippen LogP contribution in [0.1, 0.15) is 35.9 Å². The number of aliphatic hydroxyl groups excluding tert-OH is 1. The summed E-state index contributed by atoms with van der Waals surface area (Å²) in [5, 5.41) is 11.9. The van der Waals surface area contributed by atoms with Gasteiger partial charge in [0.2, 0.25) is 5.78 Å². The van der Waals surface area contributed by atoms with Crippen molar-refractivity contribution in [2.45, 2.75) is 31.4 Å². The van der Waals surface area contributed by atoms with Gasteiger partial charge >= 0.3 is 0 Å². The fourth-order valence-electron chi connectivity index (χ4n) is 5.65. The number of furan rings is 1. The third-order valence-electron chi connectivity index (χ3n) is 7.19. The lowest BCUT2D eigenvalue weighted by atomic mass is 9.81. The molecule has 1 aromatic heterocycles. The van der Waals surface area contributed by atoms with Crippen molar-refractivity contribution >= 4 is 34.3 Å². The number of benzene rings is 2. The molecule has 6 rings (SSSR count).